The molecule has 3 nitrogen and oxygen atoms in total. The highest BCUT2D eigenvalue weighted by molar-refractivity contribution is 6.09. The van der Waals surface area contributed by atoms with Gasteiger partial charge in [0, 0.05) is 12.7 Å². The normalized spacial score (nSPS) is 11.1. The Balaban J connectivity index is 4.02. The summed E-state index contributed by atoms with van der Waals surface area (Å²) in [5.41, 5.74) is -0.411. The van der Waals surface area contributed by atoms with Crippen molar-refractivity contribution in [3.63, 3.8) is 0 Å². The fourth-order valence-electron chi connectivity index (χ4n) is 0.632. The van der Waals surface area contributed by atoms with Gasteiger partial charge in [-0.05, 0) is 27.7 Å². The van der Waals surface area contributed by atoms with Crippen LogP contribution in [0.5, 0.6) is 0 Å². The van der Waals surface area contributed by atoms with Crippen molar-refractivity contribution in [3.05, 3.63) is 0 Å². The van der Waals surface area contributed by atoms with E-state index in [0.29, 0.717) is 12.7 Å². The standard InChI is InChI=1S/C8H16NO2Si/c1-5-9(6-12)7(10)11-8(2,3)4/h5-6H2,1-4H3. The van der Waals surface area contributed by atoms with Crippen molar-refractivity contribution in [2.75, 3.05) is 12.7 Å². The highest BCUT2D eigenvalue weighted by Gasteiger charge is 2.19. The Kier molecular flexibility index (Phi) is 4.30. The molecule has 0 aliphatic heterocycles. The minimum atomic E-state index is -0.411. The van der Waals surface area contributed by atoms with Crippen LogP contribution in [-0.4, -0.2) is 39.5 Å². The van der Waals surface area contributed by atoms with Gasteiger partial charge in [-0.25, -0.2) is 4.79 Å². The molecule has 0 rings (SSSR count). The molecule has 1 amide bonds. The SMILES string of the molecule is CCN(C[Si])C(=O)OC(C)(C)C. The van der Waals surface area contributed by atoms with Crippen molar-refractivity contribution in [1.29, 1.82) is 0 Å². The summed E-state index contributed by atoms with van der Waals surface area (Å²) < 4.78 is 5.14. The molecule has 0 aliphatic rings. The molecular formula is C8H16NO2Si. The first kappa shape index (κ1) is 11.5. The Bertz CT molecular complexity index is 150. The molecule has 0 atom stereocenters. The maximum atomic E-state index is 11.3. The average molecular weight is 186 g/mol. The van der Waals surface area contributed by atoms with Crippen LogP contribution in [0.4, 0.5) is 4.79 Å². The molecule has 69 valence electrons. The van der Waals surface area contributed by atoms with E-state index in [1.54, 1.807) is 4.90 Å². The average Bonchev–Trinajstić information content (AvgIpc) is 1.85. The van der Waals surface area contributed by atoms with E-state index in [1.807, 2.05) is 27.7 Å². The van der Waals surface area contributed by atoms with Crippen LogP contribution in [0.2, 0.25) is 0 Å². The third-order valence-electron chi connectivity index (χ3n) is 1.22. The monoisotopic (exact) mass is 186 g/mol. The van der Waals surface area contributed by atoms with Crippen LogP contribution < -0.4 is 0 Å². The van der Waals surface area contributed by atoms with Gasteiger partial charge in [0.1, 0.15) is 5.60 Å². The summed E-state index contributed by atoms with van der Waals surface area (Å²) in [6.45, 7) is 8.12. The zero-order valence-corrected chi connectivity index (χ0v) is 9.18. The fraction of sp³-hybridized carbons (Fsp3) is 0.875. The maximum absolute atomic E-state index is 11.3. The molecule has 0 N–H and O–H groups in total. The molecule has 12 heavy (non-hydrogen) atoms. The van der Waals surface area contributed by atoms with Crippen molar-refractivity contribution < 1.29 is 9.53 Å². The quantitative estimate of drug-likeness (QED) is 0.610. The highest BCUT2D eigenvalue weighted by atomic mass is 28.1. The Morgan fingerprint density at radius 3 is 2.25 bits per heavy atom. The molecule has 0 aromatic carbocycles. The summed E-state index contributed by atoms with van der Waals surface area (Å²) in [4.78, 5) is 12.9. The van der Waals surface area contributed by atoms with Gasteiger partial charge >= 0.3 is 6.09 Å². The predicted octanol–water partition coefficient (Wildman–Crippen LogP) is 1.37. The van der Waals surface area contributed by atoms with Crippen molar-refractivity contribution in [2.45, 2.75) is 33.3 Å². The van der Waals surface area contributed by atoms with Gasteiger partial charge in [-0.3, -0.25) is 0 Å². The lowest BCUT2D eigenvalue weighted by Crippen LogP contribution is -2.37. The van der Waals surface area contributed by atoms with Gasteiger partial charge < -0.3 is 9.64 Å². The minimum Gasteiger partial charge on any atom is -0.444 e. The van der Waals surface area contributed by atoms with E-state index in [0.717, 1.165) is 0 Å². The molecule has 0 aromatic rings. The summed E-state index contributed by atoms with van der Waals surface area (Å²) in [5, 5.41) is 0. The summed E-state index contributed by atoms with van der Waals surface area (Å²) in [6, 6.07) is 0. The van der Waals surface area contributed by atoms with Crippen LogP contribution in [0.25, 0.3) is 0 Å². The lowest BCUT2D eigenvalue weighted by atomic mass is 10.2. The molecule has 0 unspecified atom stereocenters. The van der Waals surface area contributed by atoms with Gasteiger partial charge in [0.25, 0.3) is 0 Å². The maximum Gasteiger partial charge on any atom is 0.409 e. The van der Waals surface area contributed by atoms with E-state index >= 15 is 0 Å². The molecule has 0 aromatic heterocycles. The first-order chi connectivity index (χ1) is 5.40. The first-order valence-corrected chi connectivity index (χ1v) is 4.74. The fourth-order valence-corrected chi connectivity index (χ4v) is 0.985. The summed E-state index contributed by atoms with van der Waals surface area (Å²) >= 11 is 0. The Labute approximate surface area is 77.5 Å². The number of ether oxygens (including phenoxy) is 1. The molecule has 0 saturated heterocycles. The van der Waals surface area contributed by atoms with E-state index < -0.39 is 5.60 Å². The smallest absolute Gasteiger partial charge is 0.409 e. The van der Waals surface area contributed by atoms with Crippen molar-refractivity contribution in [3.8, 4) is 0 Å². The number of nitrogens with zero attached hydrogens (tertiary/aromatic N) is 1. The van der Waals surface area contributed by atoms with Crippen LogP contribution in [0, 0.1) is 0 Å². The van der Waals surface area contributed by atoms with Gasteiger partial charge in [-0.2, -0.15) is 0 Å². The molecule has 0 aliphatic carbocycles. The zero-order valence-electron chi connectivity index (χ0n) is 8.18. The van der Waals surface area contributed by atoms with Gasteiger partial charge in [-0.1, -0.05) is 0 Å². The predicted molar refractivity (Wildman–Crippen MR) is 49.2 cm³/mol. The first-order valence-electron chi connectivity index (χ1n) is 4.03. The molecule has 4 heteroatoms. The zero-order chi connectivity index (χ0) is 9.78. The van der Waals surface area contributed by atoms with Gasteiger partial charge in [0.05, 0.1) is 10.2 Å². The Morgan fingerprint density at radius 1 is 1.50 bits per heavy atom. The molecule has 0 saturated carbocycles. The number of carbonyl (C=O) groups excluding carboxylic acids is 1. The van der Waals surface area contributed by atoms with Gasteiger partial charge in [0.2, 0.25) is 0 Å². The minimum absolute atomic E-state index is 0.278. The van der Waals surface area contributed by atoms with E-state index in [4.69, 9.17) is 4.74 Å². The second kappa shape index (κ2) is 4.50. The number of amides is 1. The van der Waals surface area contributed by atoms with Gasteiger partial charge in [0.15, 0.2) is 0 Å². The second-order valence-corrected chi connectivity index (χ2v) is 3.81. The summed E-state index contributed by atoms with van der Waals surface area (Å²) in [6.07, 6.45) is 0.228. The van der Waals surface area contributed by atoms with E-state index in [1.165, 1.54) is 0 Å². The lowest BCUT2D eigenvalue weighted by molar-refractivity contribution is 0.0294. The second-order valence-electron chi connectivity index (χ2n) is 3.49. The Hall–Kier alpha value is -0.513. The number of carbonyl (C=O) groups is 1. The van der Waals surface area contributed by atoms with Crippen molar-refractivity contribution >= 4 is 16.3 Å². The summed E-state index contributed by atoms with van der Waals surface area (Å²) in [7, 11) is 3.26. The highest BCUT2D eigenvalue weighted by Crippen LogP contribution is 2.09. The molecular weight excluding hydrogens is 170 g/mol. The van der Waals surface area contributed by atoms with E-state index in [2.05, 4.69) is 10.2 Å². The Morgan fingerprint density at radius 2 is 2.00 bits per heavy atom. The number of rotatable bonds is 2. The molecule has 0 fully saturated rings. The van der Waals surface area contributed by atoms with E-state index in [-0.39, 0.29) is 6.09 Å². The van der Waals surface area contributed by atoms with Crippen LogP contribution in [0.15, 0.2) is 0 Å². The molecule has 0 bridgehead atoms. The number of hydrogen-bond acceptors (Lipinski definition) is 2. The lowest BCUT2D eigenvalue weighted by Gasteiger charge is -2.25. The van der Waals surface area contributed by atoms with Crippen molar-refractivity contribution in [1.82, 2.24) is 4.90 Å². The van der Waals surface area contributed by atoms with Crippen LogP contribution in [0.3, 0.4) is 0 Å². The topological polar surface area (TPSA) is 29.5 Å². The van der Waals surface area contributed by atoms with Gasteiger partial charge in [-0.15, -0.1) is 0 Å². The van der Waals surface area contributed by atoms with Crippen LogP contribution in [-0.2, 0) is 4.74 Å². The molecule has 3 radical (unpaired) electrons. The largest absolute Gasteiger partial charge is 0.444 e. The number of hydrogen-bond donors (Lipinski definition) is 0. The van der Waals surface area contributed by atoms with E-state index in [9.17, 15) is 4.79 Å². The third kappa shape index (κ3) is 4.38. The third-order valence-corrected chi connectivity index (χ3v) is 1.61. The molecule has 0 spiro atoms. The van der Waals surface area contributed by atoms with Crippen LogP contribution in [0.1, 0.15) is 27.7 Å². The van der Waals surface area contributed by atoms with Crippen molar-refractivity contribution in [2.24, 2.45) is 0 Å². The molecule has 0 heterocycles. The summed E-state index contributed by atoms with van der Waals surface area (Å²) in [5.74, 6) is 0. The van der Waals surface area contributed by atoms with Crippen LogP contribution >= 0.6 is 0 Å².